The average Bonchev–Trinajstić information content (AvgIpc) is 2.66. The Morgan fingerprint density at radius 3 is 2.20 bits per heavy atom. The normalized spacial score (nSPS) is 11.7. The molecule has 5 heteroatoms. The van der Waals surface area contributed by atoms with Crippen molar-refractivity contribution in [3.05, 3.63) is 83.9 Å². The van der Waals surface area contributed by atoms with Crippen LogP contribution in [0.15, 0.2) is 72.8 Å². The van der Waals surface area contributed by atoms with Crippen molar-refractivity contribution in [1.82, 2.24) is 5.32 Å². The number of amides is 1. The molecule has 0 spiro atoms. The molecule has 0 aliphatic rings. The van der Waals surface area contributed by atoms with Crippen LogP contribution in [0.5, 0.6) is 0 Å². The molecule has 0 aromatic heterocycles. The highest BCUT2D eigenvalue weighted by Gasteiger charge is 2.12. The minimum atomic E-state index is -0.542. The molecule has 1 N–H and O–H groups in total. The molecule has 0 bridgehead atoms. The minimum Gasteiger partial charge on any atom is -0.466 e. The lowest BCUT2D eigenvalue weighted by Crippen LogP contribution is -2.35. The van der Waals surface area contributed by atoms with Gasteiger partial charge in [0.05, 0.1) is 13.2 Å². The highest BCUT2D eigenvalue weighted by atomic mass is 16.5. The smallest absolute Gasteiger partial charge is 0.407 e. The van der Waals surface area contributed by atoms with Crippen LogP contribution < -0.4 is 5.32 Å². The monoisotopic (exact) mass is 339 g/mol. The Kier molecular flexibility index (Phi) is 7.25. The van der Waals surface area contributed by atoms with Crippen molar-refractivity contribution >= 4 is 12.1 Å². The molecule has 130 valence electrons. The van der Waals surface area contributed by atoms with Crippen LogP contribution in [-0.4, -0.2) is 25.2 Å². The van der Waals surface area contributed by atoms with Crippen LogP contribution in [0.4, 0.5) is 4.79 Å². The van der Waals surface area contributed by atoms with Gasteiger partial charge in [-0.3, -0.25) is 0 Å². The number of alkyl carbamates (subject to hydrolysis) is 1. The topological polar surface area (TPSA) is 64.6 Å². The van der Waals surface area contributed by atoms with Gasteiger partial charge in [-0.25, -0.2) is 9.59 Å². The van der Waals surface area contributed by atoms with Gasteiger partial charge in [0.25, 0.3) is 0 Å². The Labute approximate surface area is 147 Å². The number of rotatable bonds is 7. The lowest BCUT2D eigenvalue weighted by Gasteiger charge is -2.15. The van der Waals surface area contributed by atoms with Crippen LogP contribution in [0.25, 0.3) is 0 Å². The molecule has 2 aromatic carbocycles. The van der Waals surface area contributed by atoms with E-state index in [4.69, 9.17) is 4.74 Å². The largest absolute Gasteiger partial charge is 0.466 e. The Morgan fingerprint density at radius 1 is 1.00 bits per heavy atom. The summed E-state index contributed by atoms with van der Waals surface area (Å²) in [4.78, 5) is 23.4. The van der Waals surface area contributed by atoms with Crippen LogP contribution in [0.2, 0.25) is 0 Å². The van der Waals surface area contributed by atoms with E-state index in [9.17, 15) is 9.59 Å². The van der Waals surface area contributed by atoms with E-state index in [1.165, 1.54) is 13.2 Å². The van der Waals surface area contributed by atoms with E-state index in [-0.39, 0.29) is 12.6 Å². The fourth-order valence-electron chi connectivity index (χ4n) is 2.21. The maximum atomic E-state index is 12.0. The number of benzene rings is 2. The van der Waals surface area contributed by atoms with Crippen molar-refractivity contribution in [3.8, 4) is 0 Å². The SMILES string of the molecule is COC(=O)/C=C\[C@H](Cc1ccccc1)NC(=O)OCc1ccccc1. The molecule has 25 heavy (non-hydrogen) atoms. The highest BCUT2D eigenvalue weighted by Crippen LogP contribution is 2.06. The first-order chi connectivity index (χ1) is 12.2. The van der Waals surface area contributed by atoms with Crippen LogP contribution in [0.1, 0.15) is 11.1 Å². The van der Waals surface area contributed by atoms with Gasteiger partial charge in [0.1, 0.15) is 6.61 Å². The number of nitrogens with one attached hydrogen (secondary N) is 1. The number of hydrogen-bond donors (Lipinski definition) is 1. The summed E-state index contributed by atoms with van der Waals surface area (Å²) in [5.41, 5.74) is 1.94. The third-order valence-corrected chi connectivity index (χ3v) is 3.48. The van der Waals surface area contributed by atoms with E-state index in [0.29, 0.717) is 6.42 Å². The summed E-state index contributed by atoms with van der Waals surface area (Å²) in [5.74, 6) is -0.475. The summed E-state index contributed by atoms with van der Waals surface area (Å²) in [5, 5.41) is 2.76. The van der Waals surface area contributed by atoms with Crippen LogP contribution in [-0.2, 0) is 27.3 Å². The zero-order chi connectivity index (χ0) is 17.9. The fraction of sp³-hybridized carbons (Fsp3) is 0.200. The summed E-state index contributed by atoms with van der Waals surface area (Å²) in [6.45, 7) is 0.186. The summed E-state index contributed by atoms with van der Waals surface area (Å²) in [6, 6.07) is 18.7. The Bertz CT molecular complexity index is 698. The minimum absolute atomic E-state index is 0.186. The van der Waals surface area contributed by atoms with E-state index in [0.717, 1.165) is 11.1 Å². The number of ether oxygens (including phenoxy) is 2. The predicted molar refractivity (Wildman–Crippen MR) is 94.9 cm³/mol. The molecular formula is C20H21NO4. The van der Waals surface area contributed by atoms with Gasteiger partial charge in [0.15, 0.2) is 0 Å². The quantitative estimate of drug-likeness (QED) is 0.621. The molecule has 0 aliphatic carbocycles. The van der Waals surface area contributed by atoms with Gasteiger partial charge in [-0.2, -0.15) is 0 Å². The maximum absolute atomic E-state index is 12.0. The standard InChI is InChI=1S/C20H21NO4/c1-24-19(22)13-12-18(14-16-8-4-2-5-9-16)21-20(23)25-15-17-10-6-3-7-11-17/h2-13,18H,14-15H2,1H3,(H,21,23)/b13-12-/t18-/m1/s1. The lowest BCUT2D eigenvalue weighted by molar-refractivity contribution is -0.134. The lowest BCUT2D eigenvalue weighted by atomic mass is 10.1. The van der Waals surface area contributed by atoms with Gasteiger partial charge in [-0.05, 0) is 17.5 Å². The second kappa shape index (κ2) is 9.93. The molecule has 0 heterocycles. The second-order valence-electron chi connectivity index (χ2n) is 5.38. The Morgan fingerprint density at radius 2 is 1.60 bits per heavy atom. The number of esters is 1. The average molecular weight is 339 g/mol. The zero-order valence-electron chi connectivity index (χ0n) is 14.1. The van der Waals surface area contributed by atoms with Gasteiger partial charge in [0, 0.05) is 6.08 Å². The number of carbonyl (C=O) groups excluding carboxylic acids is 2. The van der Waals surface area contributed by atoms with Crippen molar-refractivity contribution < 1.29 is 19.1 Å². The summed E-state index contributed by atoms with van der Waals surface area (Å²) in [6.07, 6.45) is 2.89. The predicted octanol–water partition coefficient (Wildman–Crippen LogP) is 3.25. The van der Waals surface area contributed by atoms with E-state index in [2.05, 4.69) is 10.1 Å². The first-order valence-corrected chi connectivity index (χ1v) is 7.94. The molecule has 0 unspecified atom stereocenters. The molecule has 0 radical (unpaired) electrons. The van der Waals surface area contributed by atoms with E-state index < -0.39 is 12.1 Å². The third kappa shape index (κ3) is 6.91. The van der Waals surface area contributed by atoms with Crippen molar-refractivity contribution in [2.45, 2.75) is 19.1 Å². The van der Waals surface area contributed by atoms with Crippen LogP contribution in [0.3, 0.4) is 0 Å². The van der Waals surface area contributed by atoms with Crippen LogP contribution >= 0.6 is 0 Å². The first kappa shape index (κ1) is 18.3. The van der Waals surface area contributed by atoms with Crippen LogP contribution in [0, 0.1) is 0 Å². The van der Waals surface area contributed by atoms with Crippen molar-refractivity contribution in [2.24, 2.45) is 0 Å². The molecule has 1 atom stereocenters. The fourth-order valence-corrected chi connectivity index (χ4v) is 2.21. The zero-order valence-corrected chi connectivity index (χ0v) is 14.1. The second-order valence-corrected chi connectivity index (χ2v) is 5.38. The van der Waals surface area contributed by atoms with Gasteiger partial charge in [0.2, 0.25) is 0 Å². The molecule has 0 saturated carbocycles. The molecular weight excluding hydrogens is 318 g/mol. The molecule has 0 aliphatic heterocycles. The number of methoxy groups -OCH3 is 1. The Hall–Kier alpha value is -3.08. The van der Waals surface area contributed by atoms with E-state index in [1.54, 1.807) is 6.08 Å². The van der Waals surface area contributed by atoms with Gasteiger partial charge >= 0.3 is 12.1 Å². The summed E-state index contributed by atoms with van der Waals surface area (Å²) in [7, 11) is 1.31. The van der Waals surface area contributed by atoms with E-state index in [1.807, 2.05) is 60.7 Å². The number of hydrogen-bond acceptors (Lipinski definition) is 4. The van der Waals surface area contributed by atoms with E-state index >= 15 is 0 Å². The van der Waals surface area contributed by atoms with Crippen molar-refractivity contribution in [2.75, 3.05) is 7.11 Å². The Balaban J connectivity index is 1.95. The molecule has 5 nitrogen and oxygen atoms in total. The molecule has 2 rings (SSSR count). The van der Waals surface area contributed by atoms with Gasteiger partial charge in [-0.1, -0.05) is 66.7 Å². The molecule has 2 aromatic rings. The first-order valence-electron chi connectivity index (χ1n) is 7.94. The van der Waals surface area contributed by atoms with Gasteiger partial charge < -0.3 is 14.8 Å². The molecule has 1 amide bonds. The van der Waals surface area contributed by atoms with Gasteiger partial charge in [-0.15, -0.1) is 0 Å². The third-order valence-electron chi connectivity index (χ3n) is 3.48. The highest BCUT2D eigenvalue weighted by molar-refractivity contribution is 5.82. The molecule has 0 saturated heterocycles. The molecule has 0 fully saturated rings. The van der Waals surface area contributed by atoms with Crippen molar-refractivity contribution in [3.63, 3.8) is 0 Å². The number of carbonyl (C=O) groups is 2. The summed E-state index contributed by atoms with van der Waals surface area (Å²) >= 11 is 0. The maximum Gasteiger partial charge on any atom is 0.407 e. The summed E-state index contributed by atoms with van der Waals surface area (Å²) < 4.78 is 9.82. The van der Waals surface area contributed by atoms with Crippen molar-refractivity contribution in [1.29, 1.82) is 0 Å².